The zero-order chi connectivity index (χ0) is 27.0. The second kappa shape index (κ2) is 16.3. The third kappa shape index (κ3) is 11.5. The predicted molar refractivity (Wildman–Crippen MR) is 134 cm³/mol. The number of rotatable bonds is 18. The summed E-state index contributed by atoms with van der Waals surface area (Å²) in [5.74, 6) is -1.69. The molecule has 0 aliphatic rings. The molecule has 1 aromatic rings. The van der Waals surface area contributed by atoms with Crippen molar-refractivity contribution in [1.29, 1.82) is 0 Å². The van der Waals surface area contributed by atoms with Gasteiger partial charge in [0.25, 0.3) is 0 Å². The highest BCUT2D eigenvalue weighted by Crippen LogP contribution is 2.18. The lowest BCUT2D eigenvalue weighted by molar-refractivity contribution is -0.141. The molecular weight excluding hydrogens is 510 g/mol. The molecule has 0 aliphatic heterocycles. The van der Waals surface area contributed by atoms with Crippen molar-refractivity contribution in [3.63, 3.8) is 0 Å². The van der Waals surface area contributed by atoms with Gasteiger partial charge in [0, 0.05) is 38.8 Å². The van der Waals surface area contributed by atoms with Crippen molar-refractivity contribution < 1.29 is 44.9 Å². The second-order valence-corrected chi connectivity index (χ2v) is 11.7. The second-order valence-electron chi connectivity index (χ2n) is 7.41. The van der Waals surface area contributed by atoms with Crippen LogP contribution in [0.1, 0.15) is 39.2 Å². The van der Waals surface area contributed by atoms with Gasteiger partial charge in [-0.3, -0.25) is 0 Å². The van der Waals surface area contributed by atoms with Crippen LogP contribution in [0.3, 0.4) is 0 Å². The summed E-state index contributed by atoms with van der Waals surface area (Å²) in [5.41, 5.74) is 0.872. The molecule has 1 rings (SSSR count). The van der Waals surface area contributed by atoms with Gasteiger partial charge in [0.15, 0.2) is 0 Å². The first kappa shape index (κ1) is 31.6. The van der Waals surface area contributed by atoms with E-state index in [4.69, 9.17) is 26.9 Å². The number of aryl methyl sites for hydroxylation is 1. The minimum Gasteiger partial charge on any atom is -0.460 e. The first-order chi connectivity index (χ1) is 17.1. The molecule has 1 amide bonds. The lowest BCUT2D eigenvalue weighted by Crippen LogP contribution is -2.46. The summed E-state index contributed by atoms with van der Waals surface area (Å²) in [5, 5.41) is 2.63. The first-order valence-electron chi connectivity index (χ1n) is 11.8. The lowest BCUT2D eigenvalue weighted by atomic mass is 10.2. The maximum absolute atomic E-state index is 12.2. The third-order valence-electron chi connectivity index (χ3n) is 4.52. The minimum absolute atomic E-state index is 0.0103. The summed E-state index contributed by atoms with van der Waals surface area (Å²) in [7, 11) is -6.95. The van der Waals surface area contributed by atoms with Gasteiger partial charge in [0.2, 0.25) is 5.76 Å². The zero-order valence-electron chi connectivity index (χ0n) is 21.4. The molecule has 0 saturated carbocycles. The first-order valence-corrected chi connectivity index (χ1v) is 15.1. The predicted octanol–water partition coefficient (Wildman–Crippen LogP) is 3.31. The summed E-state index contributed by atoms with van der Waals surface area (Å²) in [4.78, 5) is 23.7. The molecule has 1 N–H and O–H groups in total. The zero-order valence-corrected chi connectivity index (χ0v) is 23.2. The van der Waals surface area contributed by atoms with Crippen molar-refractivity contribution in [2.24, 2.45) is 0 Å². The number of hydrogen-bond acceptors (Lipinski definition) is 10. The molecule has 0 aliphatic carbocycles. The van der Waals surface area contributed by atoms with E-state index in [1.807, 2.05) is 27.7 Å². The maximum Gasteiger partial charge on any atom is 0.500 e. The molecule has 0 heterocycles. The largest absolute Gasteiger partial charge is 0.500 e. The van der Waals surface area contributed by atoms with Crippen LogP contribution in [0.5, 0.6) is 0 Å². The van der Waals surface area contributed by atoms with Crippen LogP contribution in [-0.2, 0) is 41.8 Å². The fraction of sp³-hybridized carbons (Fsp3) is 0.565. The summed E-state index contributed by atoms with van der Waals surface area (Å²) in [6.07, 6.45) is 0.174. The molecule has 204 valence electrons. The summed E-state index contributed by atoms with van der Waals surface area (Å²) in [6, 6.07) is 6.49. The molecule has 0 spiro atoms. The summed E-state index contributed by atoms with van der Waals surface area (Å²) >= 11 is 0. The Morgan fingerprint density at radius 1 is 0.917 bits per heavy atom. The fourth-order valence-corrected chi connectivity index (χ4v) is 6.45. The van der Waals surface area contributed by atoms with Crippen LogP contribution in [0.4, 0.5) is 4.79 Å². The highest BCUT2D eigenvalue weighted by molar-refractivity contribution is 7.86. The molecule has 0 fully saturated rings. The molecule has 13 heteroatoms. The molecule has 0 atom stereocenters. The Bertz CT molecular complexity index is 920. The Kier molecular flexibility index (Phi) is 14.3. The molecule has 0 saturated heterocycles. The number of ether oxygens (including phenoxy) is 2. The highest BCUT2D eigenvalue weighted by atomic mass is 32.2. The van der Waals surface area contributed by atoms with Gasteiger partial charge in [-0.15, -0.1) is 0 Å². The molecule has 1 aromatic carbocycles. The van der Waals surface area contributed by atoms with E-state index in [-0.39, 0.29) is 24.5 Å². The summed E-state index contributed by atoms with van der Waals surface area (Å²) < 4.78 is 56.3. The number of alkyl carbamates (subject to hydrolysis) is 1. The Morgan fingerprint density at radius 3 is 2.03 bits per heavy atom. The van der Waals surface area contributed by atoms with Crippen LogP contribution < -0.4 is 5.32 Å². The van der Waals surface area contributed by atoms with Crippen molar-refractivity contribution in [3.8, 4) is 0 Å². The number of hydrogen-bond donors (Lipinski definition) is 1. The number of nitrogens with one attached hydrogen (secondary N) is 1. The number of amides is 1. The van der Waals surface area contributed by atoms with Crippen LogP contribution in [0.2, 0.25) is 6.04 Å². The number of benzene rings is 1. The van der Waals surface area contributed by atoms with Crippen LogP contribution in [0.25, 0.3) is 0 Å². The van der Waals surface area contributed by atoms with Crippen molar-refractivity contribution in [1.82, 2.24) is 5.32 Å². The van der Waals surface area contributed by atoms with Crippen molar-refractivity contribution in [2.75, 3.05) is 39.6 Å². The Morgan fingerprint density at radius 2 is 1.47 bits per heavy atom. The molecule has 0 bridgehead atoms. The van der Waals surface area contributed by atoms with Crippen molar-refractivity contribution in [3.05, 3.63) is 42.2 Å². The molecule has 36 heavy (non-hydrogen) atoms. The third-order valence-corrected chi connectivity index (χ3v) is 8.95. The Hall–Kier alpha value is -2.45. The van der Waals surface area contributed by atoms with Gasteiger partial charge in [-0.1, -0.05) is 17.7 Å². The molecular formula is C23H37NO10SSi. The Labute approximate surface area is 214 Å². The topological polar surface area (TPSA) is 136 Å². The van der Waals surface area contributed by atoms with E-state index in [0.29, 0.717) is 38.8 Å². The van der Waals surface area contributed by atoms with Gasteiger partial charge in [-0.25, -0.2) is 9.59 Å². The normalized spacial score (nSPS) is 11.6. The van der Waals surface area contributed by atoms with Crippen LogP contribution in [-0.4, -0.2) is 68.9 Å². The average Bonchev–Trinajstić information content (AvgIpc) is 2.82. The van der Waals surface area contributed by atoms with E-state index in [0.717, 1.165) is 5.56 Å². The number of esters is 1. The summed E-state index contributed by atoms with van der Waals surface area (Å²) in [6.45, 7) is 12.4. The van der Waals surface area contributed by atoms with Gasteiger partial charge in [0.1, 0.15) is 4.90 Å². The van der Waals surface area contributed by atoms with Crippen molar-refractivity contribution >= 4 is 31.0 Å². The minimum atomic E-state index is -4.20. The van der Waals surface area contributed by atoms with E-state index in [9.17, 15) is 18.0 Å². The molecule has 0 unspecified atom stereocenters. The van der Waals surface area contributed by atoms with Crippen LogP contribution in [0, 0.1) is 6.92 Å². The maximum atomic E-state index is 12.2. The van der Waals surface area contributed by atoms with Gasteiger partial charge in [-0.05, 0) is 52.8 Å². The van der Waals surface area contributed by atoms with E-state index in [2.05, 4.69) is 11.9 Å². The molecule has 0 aromatic heterocycles. The van der Waals surface area contributed by atoms with Gasteiger partial charge in [0.05, 0.1) is 13.2 Å². The van der Waals surface area contributed by atoms with Gasteiger partial charge in [-0.2, -0.15) is 8.42 Å². The SMILES string of the molecule is C=C(OS(=O)(=O)c1ccc(C)cc1)C(=O)OCCCOC(=O)NCCC[Si](OCC)(OCC)OCC. The molecule has 0 radical (unpaired) electrons. The van der Waals surface area contributed by atoms with E-state index in [1.165, 1.54) is 12.1 Å². The number of carbonyl (C=O) groups excluding carboxylic acids is 2. The fourth-order valence-electron chi connectivity index (χ4n) is 2.94. The van der Waals surface area contributed by atoms with Gasteiger partial charge >= 0.3 is 31.0 Å². The standard InChI is InChI=1S/C23H37NO10SSi/c1-6-31-36(32-7-2,33-8-3)18-9-15-24-23(26)30-17-10-16-29-22(25)20(5)34-35(27,28)21-13-11-19(4)12-14-21/h11-14H,5-10,15-18H2,1-4H3,(H,24,26). The van der Waals surface area contributed by atoms with Crippen molar-refractivity contribution in [2.45, 2.75) is 51.5 Å². The van der Waals surface area contributed by atoms with E-state index >= 15 is 0 Å². The quantitative estimate of drug-likeness (QED) is 0.0728. The monoisotopic (exact) mass is 547 g/mol. The van der Waals surface area contributed by atoms with Crippen LogP contribution in [0.15, 0.2) is 41.5 Å². The molecule has 11 nitrogen and oxygen atoms in total. The average molecular weight is 548 g/mol. The smallest absolute Gasteiger partial charge is 0.460 e. The highest BCUT2D eigenvalue weighted by Gasteiger charge is 2.39. The van der Waals surface area contributed by atoms with Gasteiger partial charge < -0.3 is 32.3 Å². The number of carbonyl (C=O) groups is 2. The Balaban J connectivity index is 2.27. The lowest BCUT2D eigenvalue weighted by Gasteiger charge is -2.28. The van der Waals surface area contributed by atoms with Crippen LogP contribution >= 0.6 is 0 Å². The van der Waals surface area contributed by atoms with E-state index < -0.39 is 36.7 Å². The van der Waals surface area contributed by atoms with E-state index in [1.54, 1.807) is 12.1 Å².